The maximum Gasteiger partial charge on any atom is 0.410 e. The first-order valence-electron chi connectivity index (χ1n) is 9.44. The highest BCUT2D eigenvalue weighted by atomic mass is 35.5. The first-order valence-corrected chi connectivity index (χ1v) is 10.2. The predicted molar refractivity (Wildman–Crippen MR) is 113 cm³/mol. The predicted octanol–water partition coefficient (Wildman–Crippen LogP) is 4.64. The lowest BCUT2D eigenvalue weighted by Crippen LogP contribution is -2.38. The molecule has 8 heteroatoms. The van der Waals surface area contributed by atoms with Gasteiger partial charge in [-0.15, -0.1) is 0 Å². The van der Waals surface area contributed by atoms with Crippen molar-refractivity contribution in [2.45, 2.75) is 52.2 Å². The summed E-state index contributed by atoms with van der Waals surface area (Å²) in [5, 5.41) is 4.37. The molecule has 0 spiro atoms. The molecule has 0 bridgehead atoms. The summed E-state index contributed by atoms with van der Waals surface area (Å²) in [5.41, 5.74) is 1.21. The number of hydrogen-bond acceptors (Lipinski definition) is 4. The minimum Gasteiger partial charge on any atom is -0.444 e. The third kappa shape index (κ3) is 6.00. The highest BCUT2D eigenvalue weighted by molar-refractivity contribution is 6.42. The molecule has 1 aliphatic rings. The van der Waals surface area contributed by atoms with Crippen molar-refractivity contribution < 1.29 is 14.3 Å². The summed E-state index contributed by atoms with van der Waals surface area (Å²) >= 11 is 12.4. The minimum atomic E-state index is -0.523. The van der Waals surface area contributed by atoms with E-state index >= 15 is 0 Å². The fourth-order valence-corrected chi connectivity index (χ4v) is 3.50. The summed E-state index contributed by atoms with van der Waals surface area (Å²) < 4.78 is 5.37. The molecule has 2 rings (SSSR count). The second-order valence-electron chi connectivity index (χ2n) is 8.05. The third-order valence-corrected chi connectivity index (χ3v) is 5.26. The molecular formula is C20H29Cl2N3O3. The molecule has 1 heterocycles. The van der Waals surface area contributed by atoms with Gasteiger partial charge < -0.3 is 19.9 Å². The number of fused-ring (bicyclic) bond motifs is 1. The zero-order valence-electron chi connectivity index (χ0n) is 17.1. The molecule has 1 aromatic carbocycles. The Labute approximate surface area is 177 Å². The smallest absolute Gasteiger partial charge is 0.410 e. The number of hydrogen-bond donors (Lipinski definition) is 1. The number of halogens is 2. The van der Waals surface area contributed by atoms with Crippen LogP contribution in [0.25, 0.3) is 0 Å². The average molecular weight is 430 g/mol. The van der Waals surface area contributed by atoms with Crippen LogP contribution in [0.5, 0.6) is 0 Å². The molecule has 0 fully saturated rings. The van der Waals surface area contributed by atoms with Crippen molar-refractivity contribution in [3.63, 3.8) is 0 Å². The van der Waals surface area contributed by atoms with Crippen molar-refractivity contribution in [3.05, 3.63) is 27.7 Å². The van der Waals surface area contributed by atoms with Gasteiger partial charge in [0, 0.05) is 45.3 Å². The van der Waals surface area contributed by atoms with Crippen LogP contribution in [0.2, 0.25) is 10.0 Å². The zero-order valence-corrected chi connectivity index (χ0v) is 18.7. The van der Waals surface area contributed by atoms with Crippen molar-refractivity contribution >= 4 is 40.9 Å². The Bertz CT molecular complexity index is 734. The van der Waals surface area contributed by atoms with Gasteiger partial charge in [0.05, 0.1) is 10.0 Å². The van der Waals surface area contributed by atoms with Crippen molar-refractivity contribution in [2.75, 3.05) is 31.6 Å². The first-order chi connectivity index (χ1) is 13.0. The molecule has 1 atom stereocenters. The van der Waals surface area contributed by atoms with Gasteiger partial charge in [0.2, 0.25) is 5.91 Å². The summed E-state index contributed by atoms with van der Waals surface area (Å²) in [6, 6.07) is 3.60. The maximum absolute atomic E-state index is 12.1. The average Bonchev–Trinajstić information content (AvgIpc) is 2.73. The molecule has 28 heavy (non-hydrogen) atoms. The lowest BCUT2D eigenvalue weighted by atomic mass is 10.0. The van der Waals surface area contributed by atoms with Crippen LogP contribution >= 0.6 is 23.2 Å². The van der Waals surface area contributed by atoms with E-state index in [1.165, 1.54) is 0 Å². The Morgan fingerprint density at radius 3 is 2.54 bits per heavy atom. The van der Waals surface area contributed by atoms with E-state index in [4.69, 9.17) is 27.9 Å². The minimum absolute atomic E-state index is 0.0150. The Morgan fingerprint density at radius 1 is 1.29 bits per heavy atom. The van der Waals surface area contributed by atoms with Crippen LogP contribution < -0.4 is 10.2 Å². The van der Waals surface area contributed by atoms with Gasteiger partial charge in [0.25, 0.3) is 0 Å². The fraction of sp³-hybridized carbons (Fsp3) is 0.600. The quantitative estimate of drug-likeness (QED) is 0.756. The number of likely N-dealkylation sites (N-methyl/N-ethyl adjacent to an activating group) is 1. The molecule has 1 N–H and O–H groups in total. The molecule has 0 aliphatic carbocycles. The maximum atomic E-state index is 12.1. The summed E-state index contributed by atoms with van der Waals surface area (Å²) in [4.78, 5) is 27.5. The number of rotatable bonds is 4. The van der Waals surface area contributed by atoms with Crippen LogP contribution in [0.15, 0.2) is 12.1 Å². The van der Waals surface area contributed by atoms with E-state index in [-0.39, 0.29) is 18.0 Å². The van der Waals surface area contributed by atoms with E-state index in [2.05, 4.69) is 5.32 Å². The summed E-state index contributed by atoms with van der Waals surface area (Å²) in [7, 11) is 1.71. The molecule has 0 radical (unpaired) electrons. The molecular weight excluding hydrogens is 401 g/mol. The number of amides is 2. The van der Waals surface area contributed by atoms with Crippen LogP contribution in [0, 0.1) is 0 Å². The molecule has 1 unspecified atom stereocenters. The molecule has 156 valence electrons. The molecule has 1 aliphatic heterocycles. The second-order valence-corrected chi connectivity index (χ2v) is 8.86. The van der Waals surface area contributed by atoms with Crippen molar-refractivity contribution in [3.8, 4) is 0 Å². The summed E-state index contributed by atoms with van der Waals surface area (Å²) in [6.07, 6.45) is 1.35. The van der Waals surface area contributed by atoms with Gasteiger partial charge in [0.1, 0.15) is 5.60 Å². The number of ether oxygens (including phenoxy) is 1. The van der Waals surface area contributed by atoms with Gasteiger partial charge in [-0.05, 0) is 51.3 Å². The number of anilines is 1. The SMILES string of the molecule is CC(=O)N1CCCC(NCCN(C)C(=O)OC(C)(C)C)c2cc(Cl)c(Cl)cc21. The van der Waals surface area contributed by atoms with E-state index in [0.717, 1.165) is 24.1 Å². The van der Waals surface area contributed by atoms with E-state index < -0.39 is 5.60 Å². The van der Waals surface area contributed by atoms with E-state index in [9.17, 15) is 9.59 Å². The standard InChI is InChI=1S/C20H29Cl2N3O3/c1-13(26)25-9-6-7-17(14-11-15(21)16(22)12-18(14)25)23-8-10-24(5)19(27)28-20(2,3)4/h11-12,17,23H,6-10H2,1-5H3. The molecule has 0 aromatic heterocycles. The van der Waals surface area contributed by atoms with Gasteiger partial charge in [0.15, 0.2) is 0 Å². The number of nitrogens with one attached hydrogen (secondary N) is 1. The summed E-state index contributed by atoms with van der Waals surface area (Å²) in [5.74, 6) is -0.0232. The highest BCUT2D eigenvalue weighted by Gasteiger charge is 2.26. The lowest BCUT2D eigenvalue weighted by molar-refractivity contribution is -0.116. The number of carbonyl (C=O) groups excluding carboxylic acids is 2. The van der Waals surface area contributed by atoms with Gasteiger partial charge in [-0.2, -0.15) is 0 Å². The van der Waals surface area contributed by atoms with Crippen molar-refractivity contribution in [1.82, 2.24) is 10.2 Å². The van der Waals surface area contributed by atoms with E-state index in [1.807, 2.05) is 26.8 Å². The summed E-state index contributed by atoms with van der Waals surface area (Å²) in [6.45, 7) is 8.80. The molecule has 1 aromatic rings. The monoisotopic (exact) mass is 429 g/mol. The Balaban J connectivity index is 2.09. The normalized spacial score (nSPS) is 17.0. The molecule has 0 saturated carbocycles. The van der Waals surface area contributed by atoms with Crippen LogP contribution in [0.1, 0.15) is 52.1 Å². The van der Waals surface area contributed by atoms with Crippen LogP contribution in [-0.2, 0) is 9.53 Å². The Kier molecular flexibility index (Phi) is 7.59. The lowest BCUT2D eigenvalue weighted by Gasteiger charge is -2.26. The van der Waals surface area contributed by atoms with Crippen LogP contribution in [0.3, 0.4) is 0 Å². The van der Waals surface area contributed by atoms with Crippen LogP contribution in [-0.4, -0.2) is 49.2 Å². The zero-order chi connectivity index (χ0) is 21.1. The molecule has 6 nitrogen and oxygen atoms in total. The highest BCUT2D eigenvalue weighted by Crippen LogP contribution is 2.38. The largest absolute Gasteiger partial charge is 0.444 e. The fourth-order valence-electron chi connectivity index (χ4n) is 3.17. The van der Waals surface area contributed by atoms with E-state index in [1.54, 1.807) is 29.8 Å². The van der Waals surface area contributed by atoms with Crippen molar-refractivity contribution in [2.24, 2.45) is 0 Å². The number of benzene rings is 1. The van der Waals surface area contributed by atoms with Gasteiger partial charge in [-0.1, -0.05) is 23.2 Å². The van der Waals surface area contributed by atoms with E-state index in [0.29, 0.717) is 29.7 Å². The van der Waals surface area contributed by atoms with Crippen LogP contribution in [0.4, 0.5) is 10.5 Å². The van der Waals surface area contributed by atoms with Crippen molar-refractivity contribution in [1.29, 1.82) is 0 Å². The van der Waals surface area contributed by atoms with Gasteiger partial charge in [-0.3, -0.25) is 4.79 Å². The first kappa shape index (κ1) is 22.8. The molecule has 0 saturated heterocycles. The Morgan fingerprint density at radius 2 is 1.93 bits per heavy atom. The second kappa shape index (κ2) is 9.33. The van der Waals surface area contributed by atoms with Gasteiger partial charge in [-0.25, -0.2) is 4.79 Å². The van der Waals surface area contributed by atoms with Gasteiger partial charge >= 0.3 is 6.09 Å². The molecule has 2 amide bonds. The topological polar surface area (TPSA) is 61.9 Å². The number of nitrogens with zero attached hydrogens (tertiary/aromatic N) is 2. The Hall–Kier alpha value is -1.50. The third-order valence-electron chi connectivity index (χ3n) is 4.53. The number of carbonyl (C=O) groups is 2.